The molecule has 1 N–H and O–H groups in total. The summed E-state index contributed by atoms with van der Waals surface area (Å²) in [5, 5.41) is 9.12. The normalized spacial score (nSPS) is 10.2. The molecule has 0 saturated heterocycles. The first-order chi connectivity index (χ1) is 9.66. The molecule has 0 fully saturated rings. The van der Waals surface area contributed by atoms with E-state index in [0.717, 1.165) is 17.3 Å². The lowest BCUT2D eigenvalue weighted by Crippen LogP contribution is -2.05. The molecule has 0 aliphatic rings. The van der Waals surface area contributed by atoms with Gasteiger partial charge in [-0.3, -0.25) is 4.98 Å². The van der Waals surface area contributed by atoms with Crippen LogP contribution in [0.25, 0.3) is 0 Å². The van der Waals surface area contributed by atoms with Crippen molar-refractivity contribution in [2.75, 3.05) is 6.61 Å². The Morgan fingerprint density at radius 3 is 2.70 bits per heavy atom. The van der Waals surface area contributed by atoms with E-state index in [1.807, 2.05) is 12.1 Å². The van der Waals surface area contributed by atoms with Crippen LogP contribution < -0.4 is 4.74 Å². The van der Waals surface area contributed by atoms with Crippen molar-refractivity contribution in [2.24, 2.45) is 0 Å². The molecular weight excluding hydrogens is 322 g/mol. The fourth-order valence-corrected chi connectivity index (χ4v) is 2.16. The number of hydrogen-bond donors (Lipinski definition) is 1. The minimum atomic E-state index is -0.990. The van der Waals surface area contributed by atoms with Crippen molar-refractivity contribution in [3.63, 3.8) is 0 Å². The second-order valence-corrected chi connectivity index (χ2v) is 5.17. The minimum absolute atomic E-state index is 0.170. The quantitative estimate of drug-likeness (QED) is 0.820. The lowest BCUT2D eigenvalue weighted by atomic mass is 10.1. The Bertz CT molecular complexity index is 587. The summed E-state index contributed by atoms with van der Waals surface area (Å²) in [7, 11) is 0. The van der Waals surface area contributed by atoms with Gasteiger partial charge in [-0.1, -0.05) is 15.9 Å². The monoisotopic (exact) mass is 335 g/mol. The SMILES string of the molecule is O=C(O)c1cc(Br)ccc1OCCCc1ccncc1. The van der Waals surface area contributed by atoms with Gasteiger partial charge in [-0.15, -0.1) is 0 Å². The van der Waals surface area contributed by atoms with Gasteiger partial charge >= 0.3 is 5.97 Å². The van der Waals surface area contributed by atoms with Crippen LogP contribution >= 0.6 is 15.9 Å². The van der Waals surface area contributed by atoms with Crippen molar-refractivity contribution in [1.29, 1.82) is 0 Å². The average Bonchev–Trinajstić information content (AvgIpc) is 2.45. The molecule has 2 rings (SSSR count). The molecule has 1 aromatic carbocycles. The number of carboxylic acid groups (broad SMARTS) is 1. The third kappa shape index (κ3) is 4.06. The molecule has 1 heterocycles. The van der Waals surface area contributed by atoms with Crippen LogP contribution in [0.4, 0.5) is 0 Å². The highest BCUT2D eigenvalue weighted by Gasteiger charge is 2.11. The summed E-state index contributed by atoms with van der Waals surface area (Å²) >= 11 is 3.25. The van der Waals surface area contributed by atoms with E-state index in [1.54, 1.807) is 30.6 Å². The smallest absolute Gasteiger partial charge is 0.339 e. The number of rotatable bonds is 6. The molecule has 4 nitrogen and oxygen atoms in total. The minimum Gasteiger partial charge on any atom is -0.493 e. The van der Waals surface area contributed by atoms with Gasteiger partial charge in [-0.2, -0.15) is 0 Å². The Hall–Kier alpha value is -1.88. The third-order valence-electron chi connectivity index (χ3n) is 2.79. The van der Waals surface area contributed by atoms with Gasteiger partial charge in [0.2, 0.25) is 0 Å². The Morgan fingerprint density at radius 2 is 2.00 bits per heavy atom. The van der Waals surface area contributed by atoms with E-state index in [1.165, 1.54) is 5.56 Å². The van der Waals surface area contributed by atoms with E-state index >= 15 is 0 Å². The summed E-state index contributed by atoms with van der Waals surface area (Å²) in [6.07, 6.45) is 5.21. The maximum Gasteiger partial charge on any atom is 0.339 e. The number of aromatic nitrogens is 1. The zero-order valence-corrected chi connectivity index (χ0v) is 12.3. The molecule has 5 heteroatoms. The highest BCUT2D eigenvalue weighted by Crippen LogP contribution is 2.23. The third-order valence-corrected chi connectivity index (χ3v) is 3.28. The molecular formula is C15H14BrNO3. The van der Waals surface area contributed by atoms with E-state index in [2.05, 4.69) is 20.9 Å². The number of aromatic carboxylic acids is 1. The number of hydrogen-bond acceptors (Lipinski definition) is 3. The molecule has 2 aromatic rings. The fraction of sp³-hybridized carbons (Fsp3) is 0.200. The maximum atomic E-state index is 11.1. The number of halogens is 1. The molecule has 0 atom stereocenters. The van der Waals surface area contributed by atoms with Crippen LogP contribution in [-0.2, 0) is 6.42 Å². The Morgan fingerprint density at radius 1 is 1.25 bits per heavy atom. The first kappa shape index (κ1) is 14.5. The van der Waals surface area contributed by atoms with Crippen molar-refractivity contribution < 1.29 is 14.6 Å². The summed E-state index contributed by atoms with van der Waals surface area (Å²) in [5.41, 5.74) is 1.36. The van der Waals surface area contributed by atoms with Crippen LogP contribution in [0.2, 0.25) is 0 Å². The van der Waals surface area contributed by atoms with E-state index in [0.29, 0.717) is 12.4 Å². The van der Waals surface area contributed by atoms with Crippen LogP contribution in [0, 0.1) is 0 Å². The molecule has 0 aliphatic carbocycles. The van der Waals surface area contributed by atoms with Crippen LogP contribution in [-0.4, -0.2) is 22.7 Å². The summed E-state index contributed by atoms with van der Waals surface area (Å²) in [4.78, 5) is 15.1. The Kier molecular flexibility index (Phi) is 5.12. The molecule has 104 valence electrons. The number of carbonyl (C=O) groups is 1. The second kappa shape index (κ2) is 7.05. The lowest BCUT2D eigenvalue weighted by Gasteiger charge is -2.09. The van der Waals surface area contributed by atoms with Gasteiger partial charge in [0.15, 0.2) is 0 Å². The fourth-order valence-electron chi connectivity index (χ4n) is 1.80. The Balaban J connectivity index is 1.90. The molecule has 0 aliphatic heterocycles. The molecule has 1 aromatic heterocycles. The summed E-state index contributed by atoms with van der Waals surface area (Å²) < 4.78 is 6.28. The van der Waals surface area contributed by atoms with Crippen molar-refractivity contribution in [1.82, 2.24) is 4.98 Å². The Labute approximate surface area is 125 Å². The van der Waals surface area contributed by atoms with E-state index < -0.39 is 5.97 Å². The number of ether oxygens (including phenoxy) is 1. The van der Waals surface area contributed by atoms with E-state index in [9.17, 15) is 4.79 Å². The number of aryl methyl sites for hydroxylation is 1. The van der Waals surface area contributed by atoms with Gasteiger partial charge in [-0.25, -0.2) is 4.79 Å². The maximum absolute atomic E-state index is 11.1. The largest absolute Gasteiger partial charge is 0.493 e. The number of benzene rings is 1. The van der Waals surface area contributed by atoms with Crippen molar-refractivity contribution in [3.05, 3.63) is 58.3 Å². The van der Waals surface area contributed by atoms with Crippen LogP contribution in [0.15, 0.2) is 47.2 Å². The molecule has 0 unspecified atom stereocenters. The van der Waals surface area contributed by atoms with Crippen molar-refractivity contribution in [2.45, 2.75) is 12.8 Å². The standard InChI is InChI=1S/C15H14BrNO3/c16-12-3-4-14(13(10-12)15(18)19)20-9-1-2-11-5-7-17-8-6-11/h3-8,10H,1-2,9H2,(H,18,19). The van der Waals surface area contributed by atoms with Gasteiger partial charge in [0.05, 0.1) is 6.61 Å². The first-order valence-corrected chi connectivity index (χ1v) is 7.00. The molecule has 0 spiro atoms. The molecule has 0 saturated carbocycles. The highest BCUT2D eigenvalue weighted by atomic mass is 79.9. The predicted octanol–water partition coefficient (Wildman–Crippen LogP) is 3.55. The van der Waals surface area contributed by atoms with E-state index in [4.69, 9.17) is 9.84 Å². The number of pyridine rings is 1. The predicted molar refractivity (Wildman–Crippen MR) is 79.2 cm³/mol. The average molecular weight is 336 g/mol. The number of carboxylic acids is 1. The van der Waals surface area contributed by atoms with Crippen LogP contribution in [0.5, 0.6) is 5.75 Å². The summed E-state index contributed by atoms with van der Waals surface area (Å²) in [6.45, 7) is 0.476. The molecule has 20 heavy (non-hydrogen) atoms. The van der Waals surface area contributed by atoms with Gasteiger partial charge in [0.25, 0.3) is 0 Å². The van der Waals surface area contributed by atoms with Gasteiger partial charge in [-0.05, 0) is 48.7 Å². The van der Waals surface area contributed by atoms with Crippen molar-refractivity contribution in [3.8, 4) is 5.75 Å². The van der Waals surface area contributed by atoms with Gasteiger partial charge in [0.1, 0.15) is 11.3 Å². The zero-order chi connectivity index (χ0) is 14.4. The second-order valence-electron chi connectivity index (χ2n) is 4.25. The highest BCUT2D eigenvalue weighted by molar-refractivity contribution is 9.10. The summed E-state index contributed by atoms with van der Waals surface area (Å²) in [6, 6.07) is 8.90. The van der Waals surface area contributed by atoms with Crippen molar-refractivity contribution >= 4 is 21.9 Å². The van der Waals surface area contributed by atoms with Crippen LogP contribution in [0.3, 0.4) is 0 Å². The number of nitrogens with zero attached hydrogens (tertiary/aromatic N) is 1. The van der Waals surface area contributed by atoms with Gasteiger partial charge in [0, 0.05) is 16.9 Å². The molecule has 0 amide bonds. The lowest BCUT2D eigenvalue weighted by molar-refractivity contribution is 0.0692. The first-order valence-electron chi connectivity index (χ1n) is 6.21. The van der Waals surface area contributed by atoms with E-state index in [-0.39, 0.29) is 5.56 Å². The molecule has 0 radical (unpaired) electrons. The summed E-state index contributed by atoms with van der Waals surface area (Å²) in [5.74, 6) is -0.592. The molecule has 0 bridgehead atoms. The van der Waals surface area contributed by atoms with Gasteiger partial charge < -0.3 is 9.84 Å². The topological polar surface area (TPSA) is 59.4 Å². The zero-order valence-electron chi connectivity index (χ0n) is 10.8. The van der Waals surface area contributed by atoms with Crippen LogP contribution in [0.1, 0.15) is 22.3 Å².